The van der Waals surface area contributed by atoms with Gasteiger partial charge in [0.1, 0.15) is 0 Å². The fourth-order valence-corrected chi connectivity index (χ4v) is 3.73. The number of carboxylic acids is 1. The summed E-state index contributed by atoms with van der Waals surface area (Å²) < 4.78 is 27.8. The van der Waals surface area contributed by atoms with E-state index in [1.54, 1.807) is 26.0 Å². The summed E-state index contributed by atoms with van der Waals surface area (Å²) >= 11 is 0. The molecule has 2 rings (SSSR count). The van der Waals surface area contributed by atoms with E-state index < -0.39 is 16.0 Å². The van der Waals surface area contributed by atoms with Crippen LogP contribution in [-0.4, -0.2) is 25.3 Å². The molecule has 0 amide bonds. The third-order valence-electron chi connectivity index (χ3n) is 3.71. The van der Waals surface area contributed by atoms with Gasteiger partial charge in [0.05, 0.1) is 16.1 Å². The van der Waals surface area contributed by atoms with E-state index in [0.29, 0.717) is 11.1 Å². The Morgan fingerprint density at radius 2 is 1.71 bits per heavy atom. The number of Topliss-reactive ketones (excluding diaryl/α,β-unsaturated/α-hetero) is 1. The minimum atomic E-state index is -4.04. The first-order valence-corrected chi connectivity index (χ1v) is 8.59. The molecule has 0 aliphatic carbocycles. The maximum Gasteiger partial charge on any atom is 0.335 e. The van der Waals surface area contributed by atoms with Crippen molar-refractivity contribution in [3.8, 4) is 0 Å². The Kier molecular flexibility index (Phi) is 4.75. The molecular formula is C17H17NO5S. The minimum Gasteiger partial charge on any atom is -0.478 e. The highest BCUT2D eigenvalue weighted by Crippen LogP contribution is 2.25. The molecule has 0 heterocycles. The maximum atomic E-state index is 12.7. The highest BCUT2D eigenvalue weighted by molar-refractivity contribution is 7.92. The fourth-order valence-electron chi connectivity index (χ4n) is 2.31. The molecule has 0 aliphatic heterocycles. The minimum absolute atomic E-state index is 0.113. The highest BCUT2D eigenvalue weighted by Gasteiger charge is 2.22. The van der Waals surface area contributed by atoms with Crippen LogP contribution in [0.15, 0.2) is 41.3 Å². The number of anilines is 1. The van der Waals surface area contributed by atoms with E-state index in [-0.39, 0.29) is 27.5 Å². The quantitative estimate of drug-likeness (QED) is 0.810. The number of carbonyl (C=O) groups excluding carboxylic acids is 1. The molecule has 0 atom stereocenters. The summed E-state index contributed by atoms with van der Waals surface area (Å²) in [4.78, 5) is 22.7. The first-order chi connectivity index (χ1) is 11.1. The largest absolute Gasteiger partial charge is 0.478 e. The molecule has 2 aromatic rings. The molecule has 126 valence electrons. The number of sulfonamides is 1. The highest BCUT2D eigenvalue weighted by atomic mass is 32.2. The number of hydrogen-bond donors (Lipinski definition) is 2. The van der Waals surface area contributed by atoms with Crippen molar-refractivity contribution in [1.29, 1.82) is 0 Å². The molecule has 0 saturated heterocycles. The van der Waals surface area contributed by atoms with E-state index >= 15 is 0 Å². The summed E-state index contributed by atoms with van der Waals surface area (Å²) in [5.74, 6) is -1.49. The standard InChI is InChI=1S/C17H17NO5S/c1-10-8-13(17(20)21)9-16(11(10)2)24(22,23)18-15-7-5-4-6-14(15)12(3)19/h4-9,18H,1-3H3,(H,20,21). The third-order valence-corrected chi connectivity index (χ3v) is 5.20. The van der Waals surface area contributed by atoms with Gasteiger partial charge in [-0.3, -0.25) is 9.52 Å². The molecule has 2 aromatic carbocycles. The zero-order chi connectivity index (χ0) is 18.1. The van der Waals surface area contributed by atoms with Crippen molar-refractivity contribution < 1.29 is 23.1 Å². The number of carboxylic acid groups (broad SMARTS) is 1. The van der Waals surface area contributed by atoms with E-state index in [4.69, 9.17) is 5.11 Å². The summed E-state index contributed by atoms with van der Waals surface area (Å²) in [6.07, 6.45) is 0. The molecule has 6 nitrogen and oxygen atoms in total. The number of aryl methyl sites for hydroxylation is 1. The van der Waals surface area contributed by atoms with Gasteiger partial charge < -0.3 is 5.11 Å². The van der Waals surface area contributed by atoms with Crippen LogP contribution in [0, 0.1) is 13.8 Å². The normalized spacial score (nSPS) is 11.1. The summed E-state index contributed by atoms with van der Waals surface area (Å²) in [6, 6.07) is 8.78. The second-order valence-corrected chi connectivity index (χ2v) is 7.08. The first-order valence-electron chi connectivity index (χ1n) is 7.11. The van der Waals surface area contributed by atoms with Crippen molar-refractivity contribution in [2.75, 3.05) is 4.72 Å². The van der Waals surface area contributed by atoms with Crippen LogP contribution in [0.1, 0.15) is 38.8 Å². The number of rotatable bonds is 5. The number of benzene rings is 2. The van der Waals surface area contributed by atoms with Crippen LogP contribution in [0.4, 0.5) is 5.69 Å². The summed E-state index contributed by atoms with van der Waals surface area (Å²) in [5, 5.41) is 9.14. The Bertz CT molecular complexity index is 932. The molecule has 0 bridgehead atoms. The smallest absolute Gasteiger partial charge is 0.335 e. The molecule has 0 radical (unpaired) electrons. The lowest BCUT2D eigenvalue weighted by molar-refractivity contribution is 0.0696. The molecule has 0 spiro atoms. The Morgan fingerprint density at radius 1 is 1.08 bits per heavy atom. The number of para-hydroxylation sites is 1. The van der Waals surface area contributed by atoms with Gasteiger partial charge in [0.2, 0.25) is 0 Å². The van der Waals surface area contributed by atoms with Crippen molar-refractivity contribution in [2.45, 2.75) is 25.7 Å². The van der Waals surface area contributed by atoms with Gasteiger partial charge in [-0.15, -0.1) is 0 Å². The fraction of sp³-hybridized carbons (Fsp3) is 0.176. The molecule has 24 heavy (non-hydrogen) atoms. The van der Waals surface area contributed by atoms with Crippen molar-refractivity contribution in [3.05, 3.63) is 58.7 Å². The van der Waals surface area contributed by atoms with E-state index in [1.807, 2.05) is 0 Å². The monoisotopic (exact) mass is 347 g/mol. The van der Waals surface area contributed by atoms with Gasteiger partial charge in [-0.2, -0.15) is 0 Å². The predicted molar refractivity (Wildman–Crippen MR) is 90.1 cm³/mol. The van der Waals surface area contributed by atoms with Gasteiger partial charge in [0.25, 0.3) is 10.0 Å². The van der Waals surface area contributed by atoms with E-state index in [0.717, 1.165) is 6.07 Å². The zero-order valence-corrected chi connectivity index (χ0v) is 14.3. The van der Waals surface area contributed by atoms with Gasteiger partial charge >= 0.3 is 5.97 Å². The molecule has 0 unspecified atom stereocenters. The maximum absolute atomic E-state index is 12.7. The molecule has 2 N–H and O–H groups in total. The molecule has 0 saturated carbocycles. The van der Waals surface area contributed by atoms with Crippen LogP contribution >= 0.6 is 0 Å². The Hall–Kier alpha value is -2.67. The van der Waals surface area contributed by atoms with Crippen LogP contribution in [0.2, 0.25) is 0 Å². The lowest BCUT2D eigenvalue weighted by Crippen LogP contribution is -2.17. The number of nitrogens with one attached hydrogen (secondary N) is 1. The number of ketones is 1. The zero-order valence-electron chi connectivity index (χ0n) is 13.5. The van der Waals surface area contributed by atoms with Crippen molar-refractivity contribution in [3.63, 3.8) is 0 Å². The Morgan fingerprint density at radius 3 is 2.29 bits per heavy atom. The second-order valence-electron chi connectivity index (χ2n) is 5.43. The summed E-state index contributed by atoms with van der Waals surface area (Å²) in [6.45, 7) is 4.59. The molecule has 7 heteroatoms. The first kappa shape index (κ1) is 17.7. The lowest BCUT2D eigenvalue weighted by Gasteiger charge is -2.14. The Labute approximate surface area is 140 Å². The van der Waals surface area contributed by atoms with E-state index in [1.165, 1.54) is 25.1 Å². The van der Waals surface area contributed by atoms with Gasteiger partial charge in [-0.1, -0.05) is 12.1 Å². The van der Waals surface area contributed by atoms with Gasteiger partial charge in [0, 0.05) is 5.56 Å². The molecule has 0 fully saturated rings. The average Bonchev–Trinajstić information content (AvgIpc) is 2.49. The SMILES string of the molecule is CC(=O)c1ccccc1NS(=O)(=O)c1cc(C(=O)O)cc(C)c1C. The Balaban J connectivity index is 2.57. The molecule has 0 aliphatic rings. The van der Waals surface area contributed by atoms with Gasteiger partial charge in [0.15, 0.2) is 5.78 Å². The average molecular weight is 347 g/mol. The van der Waals surface area contributed by atoms with E-state index in [2.05, 4.69) is 4.72 Å². The van der Waals surface area contributed by atoms with Gasteiger partial charge in [-0.05, 0) is 56.2 Å². The van der Waals surface area contributed by atoms with Gasteiger partial charge in [-0.25, -0.2) is 13.2 Å². The van der Waals surface area contributed by atoms with Crippen LogP contribution < -0.4 is 4.72 Å². The number of carbonyl (C=O) groups is 2. The van der Waals surface area contributed by atoms with Crippen LogP contribution in [0.3, 0.4) is 0 Å². The molecule has 0 aromatic heterocycles. The summed E-state index contributed by atoms with van der Waals surface area (Å²) in [5.41, 5.74) is 1.29. The topological polar surface area (TPSA) is 101 Å². The number of aromatic carboxylic acids is 1. The van der Waals surface area contributed by atoms with Crippen molar-refractivity contribution in [1.82, 2.24) is 0 Å². The van der Waals surface area contributed by atoms with Crippen LogP contribution in [0.25, 0.3) is 0 Å². The second kappa shape index (κ2) is 6.45. The lowest BCUT2D eigenvalue weighted by atomic mass is 10.1. The summed E-state index contributed by atoms with van der Waals surface area (Å²) in [7, 11) is -4.04. The predicted octanol–water partition coefficient (Wildman–Crippen LogP) is 3.01. The van der Waals surface area contributed by atoms with Crippen molar-refractivity contribution >= 4 is 27.5 Å². The molecular weight excluding hydrogens is 330 g/mol. The van der Waals surface area contributed by atoms with Crippen LogP contribution in [-0.2, 0) is 10.0 Å². The van der Waals surface area contributed by atoms with Crippen LogP contribution in [0.5, 0.6) is 0 Å². The number of hydrogen-bond acceptors (Lipinski definition) is 4. The van der Waals surface area contributed by atoms with Crippen molar-refractivity contribution in [2.24, 2.45) is 0 Å². The third kappa shape index (κ3) is 3.46. The van der Waals surface area contributed by atoms with E-state index in [9.17, 15) is 18.0 Å².